The Bertz CT molecular complexity index is 457. The molecule has 0 aromatic carbocycles. The summed E-state index contributed by atoms with van der Waals surface area (Å²) >= 11 is 0. The van der Waals surface area contributed by atoms with Gasteiger partial charge in [0.05, 0.1) is 13.7 Å². The first-order valence-corrected chi connectivity index (χ1v) is 11.1. The number of hydrogen-bond donors (Lipinski definition) is 0. The van der Waals surface area contributed by atoms with E-state index in [4.69, 9.17) is 9.16 Å². The minimum Gasteiger partial charge on any atom is -0.468 e. The van der Waals surface area contributed by atoms with E-state index in [0.29, 0.717) is 6.61 Å². The topological polar surface area (TPSA) is 35.5 Å². The maximum absolute atomic E-state index is 12.2. The number of allylic oxidation sites excluding steroid dienone is 1. The number of hydrogen-bond acceptors (Lipinski definition) is 3. The Hall–Kier alpha value is -0.873. The molecular formula is C18H32O3Si. The van der Waals surface area contributed by atoms with Gasteiger partial charge in [-0.2, -0.15) is 0 Å². The van der Waals surface area contributed by atoms with Crippen molar-refractivity contribution >= 4 is 14.3 Å². The molecule has 1 rings (SSSR count). The molecule has 0 spiro atoms. The Morgan fingerprint density at radius 1 is 1.36 bits per heavy atom. The highest BCUT2D eigenvalue weighted by Gasteiger charge is 2.39. The number of carbonyl (C=O) groups is 1. The van der Waals surface area contributed by atoms with E-state index in [2.05, 4.69) is 52.9 Å². The van der Waals surface area contributed by atoms with E-state index in [1.165, 1.54) is 12.7 Å². The minimum atomic E-state index is -1.77. The molecule has 0 saturated heterocycles. The third-order valence-electron chi connectivity index (χ3n) is 4.91. The van der Waals surface area contributed by atoms with E-state index in [9.17, 15) is 4.79 Å². The molecule has 0 saturated carbocycles. The number of ether oxygens (including phenoxy) is 1. The molecule has 1 atom stereocenters. The highest BCUT2D eigenvalue weighted by Crippen LogP contribution is 2.38. The summed E-state index contributed by atoms with van der Waals surface area (Å²) in [7, 11) is -0.310. The average molecular weight is 325 g/mol. The number of esters is 1. The molecule has 1 aliphatic rings. The molecule has 0 N–H and O–H groups in total. The maximum atomic E-state index is 12.2. The largest absolute Gasteiger partial charge is 0.468 e. The van der Waals surface area contributed by atoms with E-state index in [1.807, 2.05) is 6.08 Å². The molecule has 4 heteroatoms. The van der Waals surface area contributed by atoms with Gasteiger partial charge >= 0.3 is 5.97 Å². The van der Waals surface area contributed by atoms with Gasteiger partial charge in [-0.25, -0.2) is 0 Å². The molecule has 22 heavy (non-hydrogen) atoms. The first-order valence-electron chi connectivity index (χ1n) is 8.18. The molecule has 0 aromatic heterocycles. The quantitative estimate of drug-likeness (QED) is 0.398. The van der Waals surface area contributed by atoms with E-state index >= 15 is 0 Å². The normalized spacial score (nSPS) is 22.4. The standard InChI is InChI=1S/C18H32O3Si/c1-8-11-18(16(19)20-5)12-9-10-15(13-18)14-21-22(6,7)17(2,3)4/h9,12-13H,8,10-11,14H2,1-7H3. The molecule has 126 valence electrons. The second-order valence-corrected chi connectivity index (χ2v) is 12.5. The summed E-state index contributed by atoms with van der Waals surface area (Å²) in [5.74, 6) is -0.171. The summed E-state index contributed by atoms with van der Waals surface area (Å²) in [4.78, 5) is 12.2. The summed E-state index contributed by atoms with van der Waals surface area (Å²) < 4.78 is 11.3. The summed E-state index contributed by atoms with van der Waals surface area (Å²) in [6.45, 7) is 13.9. The van der Waals surface area contributed by atoms with Crippen LogP contribution in [0, 0.1) is 5.41 Å². The van der Waals surface area contributed by atoms with Crippen LogP contribution >= 0.6 is 0 Å². The Labute approximate surface area is 136 Å². The van der Waals surface area contributed by atoms with Gasteiger partial charge in [-0.15, -0.1) is 0 Å². The van der Waals surface area contributed by atoms with Gasteiger partial charge in [0.2, 0.25) is 0 Å². The Balaban J connectivity index is 2.90. The van der Waals surface area contributed by atoms with Crippen molar-refractivity contribution in [2.75, 3.05) is 13.7 Å². The summed E-state index contributed by atoms with van der Waals surface area (Å²) in [6.07, 6.45) is 8.73. The smallest absolute Gasteiger partial charge is 0.319 e. The molecule has 1 aliphatic carbocycles. The fraction of sp³-hybridized carbons (Fsp3) is 0.722. The van der Waals surface area contributed by atoms with Gasteiger partial charge in [-0.1, -0.05) is 52.3 Å². The Morgan fingerprint density at radius 2 is 2.00 bits per heavy atom. The van der Waals surface area contributed by atoms with Crippen molar-refractivity contribution in [2.45, 2.75) is 65.1 Å². The Kier molecular flexibility index (Phi) is 6.22. The van der Waals surface area contributed by atoms with Crippen molar-refractivity contribution in [3.63, 3.8) is 0 Å². The summed E-state index contributed by atoms with van der Waals surface area (Å²) in [5.41, 5.74) is 0.583. The van der Waals surface area contributed by atoms with Crippen LogP contribution in [0.5, 0.6) is 0 Å². The van der Waals surface area contributed by atoms with Crippen LogP contribution < -0.4 is 0 Å². The molecule has 1 unspecified atom stereocenters. The average Bonchev–Trinajstić information content (AvgIpc) is 2.44. The highest BCUT2D eigenvalue weighted by molar-refractivity contribution is 6.74. The predicted molar refractivity (Wildman–Crippen MR) is 94.3 cm³/mol. The zero-order chi connectivity index (χ0) is 17.0. The van der Waals surface area contributed by atoms with E-state index < -0.39 is 13.7 Å². The molecule has 3 nitrogen and oxygen atoms in total. The lowest BCUT2D eigenvalue weighted by Gasteiger charge is -2.37. The van der Waals surface area contributed by atoms with Crippen LogP contribution in [0.2, 0.25) is 18.1 Å². The number of carbonyl (C=O) groups excluding carboxylic acids is 1. The minimum absolute atomic E-state index is 0.171. The van der Waals surface area contributed by atoms with Crippen molar-refractivity contribution in [2.24, 2.45) is 5.41 Å². The maximum Gasteiger partial charge on any atom is 0.319 e. The number of rotatable bonds is 6. The Morgan fingerprint density at radius 3 is 2.50 bits per heavy atom. The highest BCUT2D eigenvalue weighted by atomic mass is 28.4. The van der Waals surface area contributed by atoms with Crippen LogP contribution in [-0.2, 0) is 14.0 Å². The first kappa shape index (κ1) is 19.2. The third-order valence-corrected chi connectivity index (χ3v) is 9.39. The second kappa shape index (κ2) is 7.13. The van der Waals surface area contributed by atoms with Gasteiger partial charge in [0.25, 0.3) is 0 Å². The van der Waals surface area contributed by atoms with Gasteiger partial charge in [0.1, 0.15) is 5.41 Å². The van der Waals surface area contributed by atoms with Crippen LogP contribution in [0.25, 0.3) is 0 Å². The van der Waals surface area contributed by atoms with Crippen LogP contribution in [0.1, 0.15) is 47.0 Å². The van der Waals surface area contributed by atoms with Gasteiger partial charge < -0.3 is 9.16 Å². The van der Waals surface area contributed by atoms with Crippen LogP contribution in [0.3, 0.4) is 0 Å². The lowest BCUT2D eigenvalue weighted by atomic mass is 9.78. The molecule has 0 fully saturated rings. The first-order chi connectivity index (χ1) is 10.1. The molecule has 0 aromatic rings. The fourth-order valence-corrected chi connectivity index (χ4v) is 3.45. The van der Waals surface area contributed by atoms with Crippen LogP contribution in [-0.4, -0.2) is 28.0 Å². The zero-order valence-electron chi connectivity index (χ0n) is 15.3. The molecule has 0 radical (unpaired) electrons. The van der Waals surface area contributed by atoms with Crippen molar-refractivity contribution < 1.29 is 14.0 Å². The lowest BCUT2D eigenvalue weighted by Crippen LogP contribution is -2.41. The van der Waals surface area contributed by atoms with Gasteiger partial charge in [-0.05, 0) is 36.5 Å². The molecule has 0 aliphatic heterocycles. The van der Waals surface area contributed by atoms with Gasteiger partial charge in [0, 0.05) is 0 Å². The molecule has 0 bridgehead atoms. The molecule has 0 amide bonds. The van der Waals surface area contributed by atoms with E-state index in [0.717, 1.165) is 19.3 Å². The summed E-state index contributed by atoms with van der Waals surface area (Å²) in [5, 5.41) is 0.195. The third kappa shape index (κ3) is 4.32. The van der Waals surface area contributed by atoms with Crippen molar-refractivity contribution in [3.05, 3.63) is 23.8 Å². The van der Waals surface area contributed by atoms with Crippen LogP contribution in [0.4, 0.5) is 0 Å². The lowest BCUT2D eigenvalue weighted by molar-refractivity contribution is -0.147. The predicted octanol–water partition coefficient (Wildman–Crippen LogP) is 4.85. The van der Waals surface area contributed by atoms with E-state index in [1.54, 1.807) is 0 Å². The monoisotopic (exact) mass is 324 g/mol. The van der Waals surface area contributed by atoms with Crippen LogP contribution in [0.15, 0.2) is 23.8 Å². The van der Waals surface area contributed by atoms with E-state index in [-0.39, 0.29) is 11.0 Å². The molecular weight excluding hydrogens is 292 g/mol. The van der Waals surface area contributed by atoms with Gasteiger partial charge in [0.15, 0.2) is 8.32 Å². The zero-order valence-corrected chi connectivity index (χ0v) is 16.3. The van der Waals surface area contributed by atoms with Gasteiger partial charge in [-0.3, -0.25) is 4.79 Å². The SMILES string of the molecule is CCCC1(C(=O)OC)C=CCC(CO[Si](C)(C)C(C)(C)C)=C1. The van der Waals surface area contributed by atoms with Crippen molar-refractivity contribution in [3.8, 4) is 0 Å². The second-order valence-electron chi connectivity index (χ2n) is 7.74. The van der Waals surface area contributed by atoms with Crippen molar-refractivity contribution in [1.82, 2.24) is 0 Å². The fourth-order valence-electron chi connectivity index (χ4n) is 2.47. The number of methoxy groups -OCH3 is 1. The summed E-state index contributed by atoms with van der Waals surface area (Å²) in [6, 6.07) is 0. The molecule has 0 heterocycles. The van der Waals surface area contributed by atoms with Crippen molar-refractivity contribution in [1.29, 1.82) is 0 Å².